The quantitative estimate of drug-likeness (QED) is 0.919. The van der Waals surface area contributed by atoms with E-state index in [0.29, 0.717) is 18.5 Å². The number of nitrogens with zero attached hydrogens (tertiary/aromatic N) is 3. The second-order valence-electron chi connectivity index (χ2n) is 5.09. The van der Waals surface area contributed by atoms with Crippen LogP contribution in [0.3, 0.4) is 0 Å². The van der Waals surface area contributed by atoms with E-state index >= 15 is 0 Å². The molecule has 0 aliphatic heterocycles. The number of aryl methyl sites for hydroxylation is 1. The Morgan fingerprint density at radius 1 is 1.50 bits per heavy atom. The van der Waals surface area contributed by atoms with Crippen molar-refractivity contribution in [3.05, 3.63) is 51.3 Å². The number of nitriles is 1. The van der Waals surface area contributed by atoms with Crippen molar-refractivity contribution in [1.82, 2.24) is 9.78 Å². The van der Waals surface area contributed by atoms with Crippen molar-refractivity contribution in [2.45, 2.75) is 31.9 Å². The molecule has 0 fully saturated rings. The Morgan fingerprint density at radius 2 is 2.35 bits per heavy atom. The summed E-state index contributed by atoms with van der Waals surface area (Å²) in [4.78, 5) is 0. The van der Waals surface area contributed by atoms with Gasteiger partial charge in [0.25, 0.3) is 0 Å². The summed E-state index contributed by atoms with van der Waals surface area (Å²) in [5.41, 5.74) is 4.08. The third-order valence-corrected chi connectivity index (χ3v) is 4.45. The van der Waals surface area contributed by atoms with Gasteiger partial charge in [-0.25, -0.2) is 0 Å². The van der Waals surface area contributed by atoms with Gasteiger partial charge in [0.05, 0.1) is 30.5 Å². The summed E-state index contributed by atoms with van der Waals surface area (Å²) in [6.45, 7) is 0.647. The Balaban J connectivity index is 1.89. The zero-order valence-corrected chi connectivity index (χ0v) is 12.5. The van der Waals surface area contributed by atoms with Crippen LogP contribution in [0, 0.1) is 11.3 Å². The highest BCUT2D eigenvalue weighted by molar-refractivity contribution is 9.10. The predicted molar refractivity (Wildman–Crippen MR) is 78.2 cm³/mol. The summed E-state index contributed by atoms with van der Waals surface area (Å²) in [7, 11) is 0. The molecule has 1 heterocycles. The van der Waals surface area contributed by atoms with E-state index < -0.39 is 0 Å². The van der Waals surface area contributed by atoms with Gasteiger partial charge in [0, 0.05) is 16.6 Å². The summed E-state index contributed by atoms with van der Waals surface area (Å²) in [5, 5.41) is 23.1. The normalized spacial score (nSPS) is 17.6. The maximum Gasteiger partial charge on any atom is 0.0992 e. The first-order valence-corrected chi connectivity index (χ1v) is 7.37. The minimum Gasteiger partial charge on any atom is -0.393 e. The number of hydrogen-bond donors (Lipinski definition) is 1. The highest BCUT2D eigenvalue weighted by atomic mass is 79.9. The predicted octanol–water partition coefficient (Wildman–Crippen LogP) is 2.42. The molecule has 5 heteroatoms. The van der Waals surface area contributed by atoms with Crippen molar-refractivity contribution >= 4 is 15.9 Å². The van der Waals surface area contributed by atoms with Crippen LogP contribution < -0.4 is 0 Å². The largest absolute Gasteiger partial charge is 0.393 e. The molecular formula is C15H14BrN3O. The topological polar surface area (TPSA) is 61.8 Å². The van der Waals surface area contributed by atoms with Crippen LogP contribution in [-0.2, 0) is 19.4 Å². The molecule has 0 spiro atoms. The van der Waals surface area contributed by atoms with Gasteiger partial charge in [0.1, 0.15) is 0 Å². The van der Waals surface area contributed by atoms with Crippen LogP contribution in [0.25, 0.3) is 0 Å². The summed E-state index contributed by atoms with van der Waals surface area (Å²) >= 11 is 3.50. The first-order chi connectivity index (χ1) is 9.67. The third kappa shape index (κ3) is 2.49. The molecule has 1 aliphatic carbocycles. The number of aliphatic hydroxyl groups is 1. The number of aromatic nitrogens is 2. The molecular weight excluding hydrogens is 318 g/mol. The Morgan fingerprint density at radius 3 is 3.10 bits per heavy atom. The molecule has 20 heavy (non-hydrogen) atoms. The van der Waals surface area contributed by atoms with E-state index in [1.54, 1.807) is 0 Å². The number of rotatable bonds is 2. The number of halogens is 1. The molecule has 0 amide bonds. The lowest BCUT2D eigenvalue weighted by molar-refractivity contribution is 0.155. The molecule has 3 rings (SSSR count). The molecule has 1 aromatic heterocycles. The van der Waals surface area contributed by atoms with Crippen molar-refractivity contribution in [2.75, 3.05) is 0 Å². The number of benzene rings is 1. The van der Waals surface area contributed by atoms with Gasteiger partial charge in [-0.15, -0.1) is 0 Å². The number of aliphatic hydroxyl groups excluding tert-OH is 1. The number of hydrogen-bond acceptors (Lipinski definition) is 3. The van der Waals surface area contributed by atoms with E-state index in [2.05, 4.69) is 27.1 Å². The molecule has 0 bridgehead atoms. The fraction of sp³-hybridized carbons (Fsp3) is 0.333. The van der Waals surface area contributed by atoms with Crippen LogP contribution in [0.1, 0.15) is 28.8 Å². The first kappa shape index (κ1) is 13.3. The Labute approximate surface area is 125 Å². The highest BCUT2D eigenvalue weighted by Crippen LogP contribution is 2.24. The summed E-state index contributed by atoms with van der Waals surface area (Å²) < 4.78 is 2.86. The van der Waals surface area contributed by atoms with Crippen LogP contribution in [0.5, 0.6) is 0 Å². The van der Waals surface area contributed by atoms with Gasteiger partial charge >= 0.3 is 0 Å². The van der Waals surface area contributed by atoms with Crippen molar-refractivity contribution in [3.8, 4) is 6.07 Å². The van der Waals surface area contributed by atoms with Crippen molar-refractivity contribution in [2.24, 2.45) is 0 Å². The second-order valence-corrected chi connectivity index (χ2v) is 5.94. The smallest absolute Gasteiger partial charge is 0.0992 e. The molecule has 4 nitrogen and oxygen atoms in total. The molecule has 1 N–H and O–H groups in total. The van der Waals surface area contributed by atoms with E-state index in [4.69, 9.17) is 5.26 Å². The molecule has 1 aliphatic rings. The first-order valence-electron chi connectivity index (χ1n) is 6.57. The summed E-state index contributed by atoms with van der Waals surface area (Å²) in [5.74, 6) is 0. The SMILES string of the molecule is N#Cc1ccc(Cn2ncc3c2CC(O)CC3)c(Br)c1. The van der Waals surface area contributed by atoms with E-state index in [1.807, 2.05) is 29.1 Å². The Hall–Kier alpha value is -1.64. The van der Waals surface area contributed by atoms with Crippen molar-refractivity contribution in [1.29, 1.82) is 5.26 Å². The lowest BCUT2D eigenvalue weighted by Crippen LogP contribution is -2.21. The Kier molecular flexibility index (Phi) is 3.60. The van der Waals surface area contributed by atoms with Gasteiger partial charge in [-0.3, -0.25) is 4.68 Å². The molecule has 0 saturated heterocycles. The van der Waals surface area contributed by atoms with Gasteiger partial charge in [-0.05, 0) is 36.1 Å². The van der Waals surface area contributed by atoms with Gasteiger partial charge in [0.2, 0.25) is 0 Å². The molecule has 0 radical (unpaired) electrons. The zero-order chi connectivity index (χ0) is 14.1. The third-order valence-electron chi connectivity index (χ3n) is 3.71. The van der Waals surface area contributed by atoms with Gasteiger partial charge in [0.15, 0.2) is 0 Å². The lowest BCUT2D eigenvalue weighted by atomic mass is 9.95. The van der Waals surface area contributed by atoms with Crippen molar-refractivity contribution in [3.63, 3.8) is 0 Å². The summed E-state index contributed by atoms with van der Waals surface area (Å²) in [6, 6.07) is 7.69. The Bertz CT molecular complexity index is 687. The van der Waals surface area contributed by atoms with Gasteiger partial charge in [-0.2, -0.15) is 10.4 Å². The van der Waals surface area contributed by atoms with Crippen LogP contribution in [0.15, 0.2) is 28.9 Å². The number of fused-ring (bicyclic) bond motifs is 1. The standard InChI is InChI=1S/C15H14BrN3O/c16-14-5-10(7-17)1-2-12(14)9-19-15-6-13(20)4-3-11(15)8-18-19/h1-2,5,8,13,20H,3-4,6,9H2. The fourth-order valence-electron chi connectivity index (χ4n) is 2.58. The minimum atomic E-state index is -0.262. The van der Waals surface area contributed by atoms with E-state index in [-0.39, 0.29) is 6.10 Å². The van der Waals surface area contributed by atoms with Crippen LogP contribution in [0.4, 0.5) is 0 Å². The molecule has 0 saturated carbocycles. The minimum absolute atomic E-state index is 0.262. The highest BCUT2D eigenvalue weighted by Gasteiger charge is 2.21. The summed E-state index contributed by atoms with van der Waals surface area (Å²) in [6.07, 6.45) is 4.02. The van der Waals surface area contributed by atoms with E-state index in [0.717, 1.165) is 28.6 Å². The maximum absolute atomic E-state index is 9.80. The lowest BCUT2D eigenvalue weighted by Gasteiger charge is -2.19. The van der Waals surface area contributed by atoms with Crippen molar-refractivity contribution < 1.29 is 5.11 Å². The molecule has 1 atom stereocenters. The molecule has 1 aromatic carbocycles. The average Bonchev–Trinajstić information content (AvgIpc) is 2.83. The monoisotopic (exact) mass is 331 g/mol. The molecule has 2 aromatic rings. The van der Waals surface area contributed by atoms with Gasteiger partial charge < -0.3 is 5.11 Å². The fourth-order valence-corrected chi connectivity index (χ4v) is 3.09. The maximum atomic E-state index is 9.80. The van der Waals surface area contributed by atoms with E-state index in [1.165, 1.54) is 5.56 Å². The average molecular weight is 332 g/mol. The van der Waals surface area contributed by atoms with Crippen LogP contribution in [-0.4, -0.2) is 21.0 Å². The molecule has 1 unspecified atom stereocenters. The molecule has 102 valence electrons. The van der Waals surface area contributed by atoms with Crippen LogP contribution >= 0.6 is 15.9 Å². The van der Waals surface area contributed by atoms with Gasteiger partial charge in [-0.1, -0.05) is 22.0 Å². The van der Waals surface area contributed by atoms with Crippen LogP contribution in [0.2, 0.25) is 0 Å². The second kappa shape index (κ2) is 5.39. The van der Waals surface area contributed by atoms with E-state index in [9.17, 15) is 5.11 Å². The zero-order valence-electron chi connectivity index (χ0n) is 10.9.